The molecule has 110 valence electrons. The number of carbonyl (C=O) groups excluding carboxylic acids is 1. The Morgan fingerprint density at radius 3 is 3.05 bits per heavy atom. The summed E-state index contributed by atoms with van der Waals surface area (Å²) in [5.74, 6) is -0.183. The Kier molecular flexibility index (Phi) is 3.73. The van der Waals surface area contributed by atoms with Crippen LogP contribution in [0.1, 0.15) is 43.0 Å². The van der Waals surface area contributed by atoms with E-state index in [0.717, 1.165) is 32.2 Å². The molecule has 0 saturated carbocycles. The minimum Gasteiger partial charge on any atom is -0.335 e. The lowest BCUT2D eigenvalue weighted by Crippen LogP contribution is -2.45. The van der Waals surface area contributed by atoms with Crippen LogP contribution in [0.15, 0.2) is 35.4 Å². The van der Waals surface area contributed by atoms with Gasteiger partial charge in [0, 0.05) is 25.0 Å². The Morgan fingerprint density at radius 2 is 2.24 bits per heavy atom. The van der Waals surface area contributed by atoms with Crippen LogP contribution in [0, 0.1) is 0 Å². The highest BCUT2D eigenvalue weighted by Gasteiger charge is 2.28. The van der Waals surface area contributed by atoms with Crippen LogP contribution in [0.5, 0.6) is 0 Å². The lowest BCUT2D eigenvalue weighted by molar-refractivity contribution is 0.0605. The fourth-order valence-electron chi connectivity index (χ4n) is 3.02. The predicted molar refractivity (Wildman–Crippen MR) is 80.4 cm³/mol. The minimum atomic E-state index is -0.286. The van der Waals surface area contributed by atoms with E-state index in [-0.39, 0.29) is 23.1 Å². The molecule has 1 saturated heterocycles. The first-order chi connectivity index (χ1) is 10.2. The van der Waals surface area contributed by atoms with Crippen molar-refractivity contribution in [3.05, 3.63) is 46.5 Å². The first-order valence-corrected chi connectivity index (χ1v) is 7.49. The van der Waals surface area contributed by atoms with E-state index in [2.05, 4.69) is 11.9 Å². The summed E-state index contributed by atoms with van der Waals surface area (Å²) in [7, 11) is 0. The number of hydrogen-bond donors (Lipinski definition) is 0. The molecule has 5 heteroatoms. The summed E-state index contributed by atoms with van der Waals surface area (Å²) in [6.45, 7) is 2.82. The smallest absolute Gasteiger partial charge is 0.270 e. The van der Waals surface area contributed by atoms with Gasteiger partial charge < -0.3 is 4.90 Å². The van der Waals surface area contributed by atoms with Crippen LogP contribution in [0.4, 0.5) is 0 Å². The third-order valence-electron chi connectivity index (χ3n) is 4.20. The summed E-state index contributed by atoms with van der Waals surface area (Å²) >= 11 is 0. The third kappa shape index (κ3) is 2.44. The second kappa shape index (κ2) is 5.68. The van der Waals surface area contributed by atoms with Gasteiger partial charge in [0.1, 0.15) is 11.2 Å². The molecule has 1 aliphatic heterocycles. The summed E-state index contributed by atoms with van der Waals surface area (Å²) in [5, 5.41) is 0. The van der Waals surface area contributed by atoms with Gasteiger partial charge in [0.15, 0.2) is 0 Å². The van der Waals surface area contributed by atoms with Gasteiger partial charge in [-0.1, -0.05) is 13.0 Å². The number of nitrogens with zero attached hydrogens (tertiary/aromatic N) is 3. The SMILES string of the molecule is CCC1CCCCN1C(=O)c1cnc2ccccn2c1=O. The molecule has 1 aliphatic rings. The van der Waals surface area contributed by atoms with Crippen LogP contribution >= 0.6 is 0 Å². The highest BCUT2D eigenvalue weighted by Crippen LogP contribution is 2.20. The van der Waals surface area contributed by atoms with Crippen molar-refractivity contribution in [2.45, 2.75) is 38.6 Å². The van der Waals surface area contributed by atoms with Crippen molar-refractivity contribution in [1.82, 2.24) is 14.3 Å². The van der Waals surface area contributed by atoms with Gasteiger partial charge in [-0.3, -0.25) is 14.0 Å². The van der Waals surface area contributed by atoms with Gasteiger partial charge in [-0.05, 0) is 37.8 Å². The molecule has 0 aromatic carbocycles. The van der Waals surface area contributed by atoms with E-state index in [9.17, 15) is 9.59 Å². The maximum Gasteiger partial charge on any atom is 0.270 e. The van der Waals surface area contributed by atoms with Crippen molar-refractivity contribution in [2.75, 3.05) is 6.54 Å². The molecule has 0 spiro atoms. The maximum atomic E-state index is 12.7. The lowest BCUT2D eigenvalue weighted by atomic mass is 9.99. The molecular formula is C16H19N3O2. The van der Waals surface area contributed by atoms with Gasteiger partial charge >= 0.3 is 0 Å². The van der Waals surface area contributed by atoms with Gasteiger partial charge in [-0.2, -0.15) is 0 Å². The van der Waals surface area contributed by atoms with Crippen LogP contribution in [-0.2, 0) is 0 Å². The van der Waals surface area contributed by atoms with E-state index in [1.54, 1.807) is 18.3 Å². The number of fused-ring (bicyclic) bond motifs is 1. The summed E-state index contributed by atoms with van der Waals surface area (Å²) in [6, 6.07) is 5.58. The first-order valence-electron chi connectivity index (χ1n) is 7.49. The molecule has 1 fully saturated rings. The van der Waals surface area contributed by atoms with Gasteiger partial charge in [-0.15, -0.1) is 0 Å². The van der Waals surface area contributed by atoms with Crippen molar-refractivity contribution in [3.8, 4) is 0 Å². The molecule has 3 heterocycles. The molecule has 3 rings (SSSR count). The molecular weight excluding hydrogens is 266 g/mol. The molecule has 21 heavy (non-hydrogen) atoms. The number of pyridine rings is 1. The van der Waals surface area contributed by atoms with Crippen molar-refractivity contribution >= 4 is 11.6 Å². The molecule has 2 aromatic rings. The Hall–Kier alpha value is -2.17. The summed E-state index contributed by atoms with van der Waals surface area (Å²) in [6.07, 6.45) is 7.16. The van der Waals surface area contributed by atoms with Gasteiger partial charge in [0.2, 0.25) is 0 Å². The van der Waals surface area contributed by atoms with Crippen molar-refractivity contribution < 1.29 is 4.79 Å². The molecule has 0 N–H and O–H groups in total. The Balaban J connectivity index is 2.01. The first kappa shape index (κ1) is 13.8. The van der Waals surface area contributed by atoms with Gasteiger partial charge in [0.25, 0.3) is 11.5 Å². The number of aromatic nitrogens is 2. The zero-order valence-electron chi connectivity index (χ0n) is 12.2. The fourth-order valence-corrected chi connectivity index (χ4v) is 3.02. The van der Waals surface area contributed by atoms with E-state index >= 15 is 0 Å². The highest BCUT2D eigenvalue weighted by molar-refractivity contribution is 5.94. The van der Waals surface area contributed by atoms with Crippen LogP contribution < -0.4 is 5.56 Å². The zero-order valence-corrected chi connectivity index (χ0v) is 12.2. The Morgan fingerprint density at radius 1 is 1.38 bits per heavy atom. The van der Waals surface area contributed by atoms with Crippen LogP contribution in [0.3, 0.4) is 0 Å². The quantitative estimate of drug-likeness (QED) is 0.849. The normalized spacial score (nSPS) is 18.9. The van der Waals surface area contributed by atoms with Crippen LogP contribution in [0.25, 0.3) is 5.65 Å². The largest absolute Gasteiger partial charge is 0.335 e. The number of hydrogen-bond acceptors (Lipinski definition) is 3. The van der Waals surface area contributed by atoms with Gasteiger partial charge in [0.05, 0.1) is 0 Å². The molecule has 1 atom stereocenters. The molecule has 2 aromatic heterocycles. The van der Waals surface area contributed by atoms with Crippen molar-refractivity contribution in [1.29, 1.82) is 0 Å². The molecule has 1 unspecified atom stereocenters. The Bertz CT molecular complexity index is 723. The summed E-state index contributed by atoms with van der Waals surface area (Å²) in [5.41, 5.74) is 0.440. The van der Waals surface area contributed by atoms with E-state index in [1.165, 1.54) is 10.6 Å². The second-order valence-electron chi connectivity index (χ2n) is 5.46. The van der Waals surface area contributed by atoms with Crippen LogP contribution in [0.2, 0.25) is 0 Å². The van der Waals surface area contributed by atoms with Crippen molar-refractivity contribution in [3.63, 3.8) is 0 Å². The number of rotatable bonds is 2. The van der Waals surface area contributed by atoms with E-state index < -0.39 is 0 Å². The Labute approximate surface area is 123 Å². The average Bonchev–Trinajstić information content (AvgIpc) is 2.55. The lowest BCUT2D eigenvalue weighted by Gasteiger charge is -2.35. The van der Waals surface area contributed by atoms with E-state index in [1.807, 2.05) is 11.0 Å². The number of piperidine rings is 1. The molecule has 5 nitrogen and oxygen atoms in total. The molecule has 0 radical (unpaired) electrons. The van der Waals surface area contributed by atoms with Crippen molar-refractivity contribution in [2.24, 2.45) is 0 Å². The molecule has 0 bridgehead atoms. The standard InChI is InChI=1S/C16H19N3O2/c1-2-12-7-3-5-9-18(12)15(20)13-11-17-14-8-4-6-10-19(14)16(13)21/h4,6,8,10-12H,2-3,5,7,9H2,1H3. The number of likely N-dealkylation sites (tertiary alicyclic amines) is 1. The molecule has 0 aliphatic carbocycles. The van der Waals surface area contributed by atoms with E-state index in [0.29, 0.717) is 5.65 Å². The summed E-state index contributed by atoms with van der Waals surface area (Å²) in [4.78, 5) is 31.3. The maximum absolute atomic E-state index is 12.7. The average molecular weight is 285 g/mol. The number of amides is 1. The topological polar surface area (TPSA) is 54.7 Å². The molecule has 1 amide bonds. The monoisotopic (exact) mass is 285 g/mol. The predicted octanol–water partition coefficient (Wildman–Crippen LogP) is 2.10. The zero-order chi connectivity index (χ0) is 14.8. The minimum absolute atomic E-state index is 0.166. The summed E-state index contributed by atoms with van der Waals surface area (Å²) < 4.78 is 1.43. The van der Waals surface area contributed by atoms with E-state index in [4.69, 9.17) is 0 Å². The number of carbonyl (C=O) groups is 1. The second-order valence-corrected chi connectivity index (χ2v) is 5.46. The highest BCUT2D eigenvalue weighted by atomic mass is 16.2. The van der Waals surface area contributed by atoms with Gasteiger partial charge in [-0.25, -0.2) is 4.98 Å². The fraction of sp³-hybridized carbons (Fsp3) is 0.438. The third-order valence-corrected chi connectivity index (χ3v) is 4.20. The van der Waals surface area contributed by atoms with Crippen LogP contribution in [-0.4, -0.2) is 32.8 Å².